The molecule has 1 aromatic heterocycles. The van der Waals surface area contributed by atoms with E-state index in [9.17, 15) is 0 Å². The monoisotopic (exact) mass is 260 g/mol. The molecule has 104 valence electrons. The number of anilines is 2. The first-order valence-electron chi connectivity index (χ1n) is 7.50. The highest BCUT2D eigenvalue weighted by molar-refractivity contribution is 5.45. The largest absolute Gasteiger partial charge is 0.384 e. The highest BCUT2D eigenvalue weighted by Crippen LogP contribution is 2.30. The first kappa shape index (κ1) is 12.7. The van der Waals surface area contributed by atoms with Gasteiger partial charge < -0.3 is 16.0 Å². The van der Waals surface area contributed by atoms with Gasteiger partial charge in [-0.05, 0) is 56.7 Å². The van der Waals surface area contributed by atoms with Gasteiger partial charge in [0, 0.05) is 19.1 Å². The molecule has 1 saturated carbocycles. The lowest BCUT2D eigenvalue weighted by Crippen LogP contribution is -2.28. The lowest BCUT2D eigenvalue weighted by atomic mass is 10.1. The fourth-order valence-corrected chi connectivity index (χ4v) is 2.87. The Hall–Kier alpha value is -1.29. The second-order valence-electron chi connectivity index (χ2n) is 5.99. The summed E-state index contributed by atoms with van der Waals surface area (Å²) in [6.45, 7) is 3.83. The van der Waals surface area contributed by atoms with E-state index in [1.807, 2.05) is 18.3 Å². The Morgan fingerprint density at radius 3 is 2.84 bits per heavy atom. The molecule has 0 spiro atoms. The number of likely N-dealkylation sites (tertiary alicyclic amines) is 1. The third-order valence-corrected chi connectivity index (χ3v) is 4.19. The quantitative estimate of drug-likeness (QED) is 0.872. The molecule has 2 aliphatic rings. The maximum Gasteiger partial charge on any atom is 0.123 e. The summed E-state index contributed by atoms with van der Waals surface area (Å²) >= 11 is 0. The van der Waals surface area contributed by atoms with Crippen LogP contribution in [0, 0.1) is 5.92 Å². The zero-order chi connectivity index (χ0) is 13.1. The molecule has 1 saturated heterocycles. The minimum absolute atomic E-state index is 0.578. The van der Waals surface area contributed by atoms with E-state index in [1.54, 1.807) is 0 Å². The molecule has 1 atom stereocenters. The maximum absolute atomic E-state index is 5.61. The molecular weight excluding hydrogens is 236 g/mol. The van der Waals surface area contributed by atoms with Gasteiger partial charge in [-0.1, -0.05) is 0 Å². The SMILES string of the molecule is Nc1ccc(N[C@H]2CCCN(CC3CC3)CC2)cn1. The van der Waals surface area contributed by atoms with Crippen molar-refractivity contribution in [3.8, 4) is 0 Å². The van der Waals surface area contributed by atoms with Crippen molar-refractivity contribution in [3.63, 3.8) is 0 Å². The maximum atomic E-state index is 5.61. The molecule has 2 fully saturated rings. The summed E-state index contributed by atoms with van der Waals surface area (Å²) in [5, 5.41) is 3.59. The molecule has 2 heterocycles. The number of pyridine rings is 1. The summed E-state index contributed by atoms with van der Waals surface area (Å²) in [4.78, 5) is 6.79. The van der Waals surface area contributed by atoms with Gasteiger partial charge in [0.25, 0.3) is 0 Å². The number of nitrogens with two attached hydrogens (primary N) is 1. The van der Waals surface area contributed by atoms with Crippen molar-refractivity contribution in [1.29, 1.82) is 0 Å². The molecule has 0 amide bonds. The van der Waals surface area contributed by atoms with Crippen molar-refractivity contribution >= 4 is 11.5 Å². The smallest absolute Gasteiger partial charge is 0.123 e. The number of hydrogen-bond donors (Lipinski definition) is 2. The molecule has 0 bridgehead atoms. The molecule has 4 nitrogen and oxygen atoms in total. The summed E-state index contributed by atoms with van der Waals surface area (Å²) in [5.41, 5.74) is 6.70. The van der Waals surface area contributed by atoms with Gasteiger partial charge in [0.15, 0.2) is 0 Å². The average molecular weight is 260 g/mol. The van der Waals surface area contributed by atoms with Gasteiger partial charge >= 0.3 is 0 Å². The Bertz CT molecular complexity index is 399. The fourth-order valence-electron chi connectivity index (χ4n) is 2.87. The Kier molecular flexibility index (Phi) is 3.87. The Balaban J connectivity index is 1.49. The standard InChI is InChI=1S/C15H24N4/c16-15-6-5-14(10-17-15)18-13-2-1-8-19(9-7-13)11-12-3-4-12/h5-6,10,12-13,18H,1-4,7-9,11H2,(H2,16,17)/t13-/m0/s1. The van der Waals surface area contributed by atoms with Crippen LogP contribution in [0.1, 0.15) is 32.1 Å². The summed E-state index contributed by atoms with van der Waals surface area (Å²) in [5.74, 6) is 1.59. The molecule has 0 aromatic carbocycles. The molecule has 0 unspecified atom stereocenters. The van der Waals surface area contributed by atoms with Crippen LogP contribution < -0.4 is 11.1 Å². The van der Waals surface area contributed by atoms with Crippen LogP contribution >= 0.6 is 0 Å². The average Bonchev–Trinajstić information content (AvgIpc) is 3.22. The van der Waals surface area contributed by atoms with Crippen LogP contribution in [-0.2, 0) is 0 Å². The van der Waals surface area contributed by atoms with E-state index >= 15 is 0 Å². The number of aromatic nitrogens is 1. The molecule has 3 rings (SSSR count). The van der Waals surface area contributed by atoms with Gasteiger partial charge in [-0.15, -0.1) is 0 Å². The first-order valence-corrected chi connectivity index (χ1v) is 7.50. The van der Waals surface area contributed by atoms with Crippen molar-refractivity contribution in [3.05, 3.63) is 18.3 Å². The summed E-state index contributed by atoms with van der Waals surface area (Å²) in [6, 6.07) is 4.46. The fraction of sp³-hybridized carbons (Fsp3) is 0.667. The van der Waals surface area contributed by atoms with Crippen LogP contribution in [0.3, 0.4) is 0 Å². The van der Waals surface area contributed by atoms with Gasteiger partial charge in [-0.3, -0.25) is 0 Å². The van der Waals surface area contributed by atoms with E-state index in [0.29, 0.717) is 11.9 Å². The number of nitrogens with one attached hydrogen (secondary N) is 1. The Labute approximate surface area is 115 Å². The van der Waals surface area contributed by atoms with E-state index in [0.717, 1.165) is 11.6 Å². The van der Waals surface area contributed by atoms with Crippen LogP contribution in [0.5, 0.6) is 0 Å². The second-order valence-corrected chi connectivity index (χ2v) is 5.99. The van der Waals surface area contributed by atoms with Crippen LogP contribution in [0.25, 0.3) is 0 Å². The molecule has 1 aliphatic heterocycles. The number of nitrogens with zero attached hydrogens (tertiary/aromatic N) is 2. The van der Waals surface area contributed by atoms with E-state index in [-0.39, 0.29) is 0 Å². The first-order chi connectivity index (χ1) is 9.29. The molecular formula is C15H24N4. The molecule has 19 heavy (non-hydrogen) atoms. The predicted octanol–water partition coefficient (Wildman–Crippen LogP) is 2.34. The summed E-state index contributed by atoms with van der Waals surface area (Å²) in [6.07, 6.45) is 8.53. The van der Waals surface area contributed by atoms with E-state index in [1.165, 1.54) is 51.7 Å². The van der Waals surface area contributed by atoms with E-state index < -0.39 is 0 Å². The molecule has 1 aliphatic carbocycles. The predicted molar refractivity (Wildman–Crippen MR) is 79.1 cm³/mol. The third-order valence-electron chi connectivity index (χ3n) is 4.19. The van der Waals surface area contributed by atoms with Gasteiger partial charge in [0.2, 0.25) is 0 Å². The van der Waals surface area contributed by atoms with Gasteiger partial charge in [0.1, 0.15) is 5.82 Å². The number of nitrogen functional groups attached to an aromatic ring is 1. The Morgan fingerprint density at radius 2 is 2.11 bits per heavy atom. The zero-order valence-electron chi connectivity index (χ0n) is 11.5. The van der Waals surface area contributed by atoms with E-state index in [4.69, 9.17) is 5.73 Å². The van der Waals surface area contributed by atoms with Gasteiger partial charge in [-0.2, -0.15) is 0 Å². The minimum atomic E-state index is 0.578. The van der Waals surface area contributed by atoms with Crippen LogP contribution in [-0.4, -0.2) is 35.6 Å². The zero-order valence-corrected chi connectivity index (χ0v) is 11.5. The normalized spacial score (nSPS) is 24.9. The number of hydrogen-bond acceptors (Lipinski definition) is 4. The van der Waals surface area contributed by atoms with Crippen molar-refractivity contribution in [2.75, 3.05) is 30.7 Å². The van der Waals surface area contributed by atoms with Crippen molar-refractivity contribution in [2.24, 2.45) is 5.92 Å². The topological polar surface area (TPSA) is 54.2 Å². The van der Waals surface area contributed by atoms with E-state index in [2.05, 4.69) is 15.2 Å². The summed E-state index contributed by atoms with van der Waals surface area (Å²) < 4.78 is 0. The minimum Gasteiger partial charge on any atom is -0.384 e. The second kappa shape index (κ2) is 5.78. The van der Waals surface area contributed by atoms with Gasteiger partial charge in [0.05, 0.1) is 11.9 Å². The molecule has 4 heteroatoms. The highest BCUT2D eigenvalue weighted by Gasteiger charge is 2.25. The third kappa shape index (κ3) is 3.83. The molecule has 0 radical (unpaired) electrons. The lowest BCUT2D eigenvalue weighted by Gasteiger charge is -2.20. The number of rotatable bonds is 4. The van der Waals surface area contributed by atoms with Crippen molar-refractivity contribution in [2.45, 2.75) is 38.1 Å². The highest BCUT2D eigenvalue weighted by atomic mass is 15.1. The summed E-state index contributed by atoms with van der Waals surface area (Å²) in [7, 11) is 0. The Morgan fingerprint density at radius 1 is 1.21 bits per heavy atom. The molecule has 1 aromatic rings. The van der Waals surface area contributed by atoms with Gasteiger partial charge in [-0.25, -0.2) is 4.98 Å². The van der Waals surface area contributed by atoms with Crippen LogP contribution in [0.2, 0.25) is 0 Å². The van der Waals surface area contributed by atoms with Crippen molar-refractivity contribution in [1.82, 2.24) is 9.88 Å². The lowest BCUT2D eigenvalue weighted by molar-refractivity contribution is 0.273. The molecule has 3 N–H and O–H groups in total. The van der Waals surface area contributed by atoms with Crippen LogP contribution in [0.4, 0.5) is 11.5 Å². The van der Waals surface area contributed by atoms with Crippen LogP contribution in [0.15, 0.2) is 18.3 Å². The van der Waals surface area contributed by atoms with Crippen molar-refractivity contribution < 1.29 is 0 Å².